The van der Waals surface area contributed by atoms with Crippen LogP contribution in [0, 0.1) is 55.4 Å². The molecule has 1 heteroatoms. The minimum Gasteiger partial charge on any atom is -0.493 e. The molecule has 0 aliphatic carbocycles. The van der Waals surface area contributed by atoms with Crippen LogP contribution in [0.15, 0.2) is 36.4 Å². The SMILES string of the molecule is C.CCOc1c(C)cc(C(C)C)cc1C.Cc1cc(C(C)C)cc(C)c1C.Cc1cc(C(C)C)cc(C)c1C. The summed E-state index contributed by atoms with van der Waals surface area (Å²) < 4.78 is 5.60. The summed E-state index contributed by atoms with van der Waals surface area (Å²) in [5.41, 5.74) is 15.3. The molecule has 0 radical (unpaired) electrons. The highest BCUT2D eigenvalue weighted by molar-refractivity contribution is 5.44. The predicted octanol–water partition coefficient (Wildman–Crippen LogP) is 11.9. The van der Waals surface area contributed by atoms with Gasteiger partial charge in [0.15, 0.2) is 0 Å². The Balaban J connectivity index is 0.000000551. The molecule has 3 aromatic rings. The molecular weight excluding hydrogens is 472 g/mol. The molecule has 0 aliphatic rings. The van der Waals surface area contributed by atoms with Crippen molar-refractivity contribution in [1.29, 1.82) is 0 Å². The van der Waals surface area contributed by atoms with E-state index in [1.807, 2.05) is 6.92 Å². The Hall–Kier alpha value is -2.54. The van der Waals surface area contributed by atoms with Crippen molar-refractivity contribution in [3.8, 4) is 5.75 Å². The fourth-order valence-electron chi connectivity index (χ4n) is 4.49. The van der Waals surface area contributed by atoms with E-state index in [2.05, 4.69) is 133 Å². The Kier molecular flexibility index (Phi) is 15.5. The smallest absolute Gasteiger partial charge is 0.125 e. The predicted molar refractivity (Wildman–Crippen MR) is 177 cm³/mol. The van der Waals surface area contributed by atoms with Crippen LogP contribution in [0.5, 0.6) is 5.75 Å². The summed E-state index contributed by atoms with van der Waals surface area (Å²) in [4.78, 5) is 0. The fourth-order valence-corrected chi connectivity index (χ4v) is 4.49. The molecule has 39 heavy (non-hydrogen) atoms. The Morgan fingerprint density at radius 3 is 0.897 bits per heavy atom. The van der Waals surface area contributed by atoms with Gasteiger partial charge < -0.3 is 4.74 Å². The Morgan fingerprint density at radius 1 is 0.462 bits per heavy atom. The van der Waals surface area contributed by atoms with Crippen LogP contribution in [0.25, 0.3) is 0 Å². The molecule has 0 bridgehead atoms. The Bertz CT molecular complexity index is 1050. The molecule has 0 spiro atoms. The number of aryl methyl sites for hydroxylation is 6. The van der Waals surface area contributed by atoms with Crippen LogP contribution in [-0.2, 0) is 0 Å². The summed E-state index contributed by atoms with van der Waals surface area (Å²) in [6, 6.07) is 13.6. The molecule has 0 saturated carbocycles. The van der Waals surface area contributed by atoms with Crippen LogP contribution < -0.4 is 4.74 Å². The third kappa shape index (κ3) is 10.9. The van der Waals surface area contributed by atoms with Gasteiger partial charge in [-0.05, 0) is 141 Å². The summed E-state index contributed by atoms with van der Waals surface area (Å²) in [7, 11) is 0. The van der Waals surface area contributed by atoms with E-state index in [0.717, 1.165) is 12.4 Å². The van der Waals surface area contributed by atoms with Crippen molar-refractivity contribution in [2.45, 2.75) is 129 Å². The van der Waals surface area contributed by atoms with Crippen molar-refractivity contribution >= 4 is 0 Å². The second kappa shape index (κ2) is 16.5. The van der Waals surface area contributed by atoms with Gasteiger partial charge in [0, 0.05) is 0 Å². The van der Waals surface area contributed by atoms with Crippen LogP contribution in [0.4, 0.5) is 0 Å². The van der Waals surface area contributed by atoms with Gasteiger partial charge in [0.05, 0.1) is 6.61 Å². The van der Waals surface area contributed by atoms with E-state index in [1.54, 1.807) is 0 Å². The van der Waals surface area contributed by atoms with Crippen LogP contribution in [-0.4, -0.2) is 6.61 Å². The molecule has 0 amide bonds. The average Bonchev–Trinajstić information content (AvgIpc) is 2.83. The second-order valence-electron chi connectivity index (χ2n) is 11.9. The van der Waals surface area contributed by atoms with Crippen LogP contribution >= 0.6 is 0 Å². The lowest BCUT2D eigenvalue weighted by atomic mass is 9.95. The topological polar surface area (TPSA) is 9.23 Å². The van der Waals surface area contributed by atoms with Crippen LogP contribution in [0.2, 0.25) is 0 Å². The van der Waals surface area contributed by atoms with Crippen molar-refractivity contribution < 1.29 is 4.74 Å². The first-order valence-corrected chi connectivity index (χ1v) is 14.5. The zero-order valence-electron chi connectivity index (χ0n) is 27.3. The van der Waals surface area contributed by atoms with E-state index in [-0.39, 0.29) is 7.43 Å². The first-order valence-electron chi connectivity index (χ1n) is 14.5. The molecule has 0 N–H and O–H groups in total. The van der Waals surface area contributed by atoms with E-state index < -0.39 is 0 Å². The number of benzene rings is 3. The summed E-state index contributed by atoms with van der Waals surface area (Å²) >= 11 is 0. The minimum atomic E-state index is 0. The maximum atomic E-state index is 5.60. The maximum Gasteiger partial charge on any atom is 0.125 e. The van der Waals surface area contributed by atoms with Crippen LogP contribution in [0.1, 0.15) is 135 Å². The molecular formula is C38H60O. The van der Waals surface area contributed by atoms with E-state index in [0.29, 0.717) is 17.8 Å². The lowest BCUT2D eigenvalue weighted by Gasteiger charge is -2.14. The van der Waals surface area contributed by atoms with Gasteiger partial charge in [0.25, 0.3) is 0 Å². The standard InChI is InChI=1S/C13H20O.2C12H18.CH4/c1-6-14-13-10(4)7-12(9(2)3)8-11(13)5;2*1-8(2)12-6-9(3)11(5)10(4)7-12;/h7-9H,6H2,1-5H3;2*6-8H,1-5H3;1H4. The maximum absolute atomic E-state index is 5.60. The summed E-state index contributed by atoms with van der Waals surface area (Å²) in [6.07, 6.45) is 0. The molecule has 0 heterocycles. The van der Waals surface area contributed by atoms with Crippen molar-refractivity contribution in [3.63, 3.8) is 0 Å². The van der Waals surface area contributed by atoms with Gasteiger partial charge in [0.2, 0.25) is 0 Å². The average molecular weight is 533 g/mol. The third-order valence-corrected chi connectivity index (χ3v) is 7.67. The zero-order chi connectivity index (χ0) is 29.3. The van der Waals surface area contributed by atoms with Crippen molar-refractivity contribution in [1.82, 2.24) is 0 Å². The van der Waals surface area contributed by atoms with Gasteiger partial charge in [-0.3, -0.25) is 0 Å². The third-order valence-electron chi connectivity index (χ3n) is 7.67. The van der Waals surface area contributed by atoms with Gasteiger partial charge in [-0.15, -0.1) is 0 Å². The highest BCUT2D eigenvalue weighted by Crippen LogP contribution is 2.28. The van der Waals surface area contributed by atoms with Crippen molar-refractivity contribution in [3.05, 3.63) is 97.6 Å². The quantitative estimate of drug-likeness (QED) is 0.317. The lowest BCUT2D eigenvalue weighted by molar-refractivity contribution is 0.335. The van der Waals surface area contributed by atoms with E-state index in [9.17, 15) is 0 Å². The number of ether oxygens (including phenoxy) is 1. The largest absolute Gasteiger partial charge is 0.493 e. The Labute approximate surface area is 243 Å². The molecule has 0 saturated heterocycles. The summed E-state index contributed by atoms with van der Waals surface area (Å²) in [5.74, 6) is 2.92. The molecule has 0 aromatic heterocycles. The summed E-state index contributed by atoms with van der Waals surface area (Å²) in [5, 5.41) is 0. The molecule has 0 aliphatic heterocycles. The zero-order valence-corrected chi connectivity index (χ0v) is 27.3. The normalized spacial score (nSPS) is 10.5. The van der Waals surface area contributed by atoms with E-state index in [1.165, 1.54) is 61.2 Å². The van der Waals surface area contributed by atoms with Crippen molar-refractivity contribution in [2.24, 2.45) is 0 Å². The Morgan fingerprint density at radius 2 is 0.692 bits per heavy atom. The number of hydrogen-bond donors (Lipinski definition) is 0. The minimum absolute atomic E-state index is 0. The summed E-state index contributed by atoms with van der Waals surface area (Å²) in [6.45, 7) is 33.5. The van der Waals surface area contributed by atoms with Crippen LogP contribution in [0.3, 0.4) is 0 Å². The van der Waals surface area contributed by atoms with Crippen molar-refractivity contribution in [2.75, 3.05) is 6.61 Å². The van der Waals surface area contributed by atoms with Gasteiger partial charge in [-0.25, -0.2) is 0 Å². The van der Waals surface area contributed by atoms with Gasteiger partial charge in [0.1, 0.15) is 5.75 Å². The molecule has 0 fully saturated rings. The lowest BCUT2D eigenvalue weighted by Crippen LogP contribution is -1.99. The number of hydrogen-bond acceptors (Lipinski definition) is 1. The molecule has 218 valence electrons. The molecule has 1 nitrogen and oxygen atoms in total. The van der Waals surface area contributed by atoms with E-state index >= 15 is 0 Å². The highest BCUT2D eigenvalue weighted by Gasteiger charge is 2.08. The number of rotatable bonds is 5. The monoisotopic (exact) mass is 532 g/mol. The fraction of sp³-hybridized carbons (Fsp3) is 0.526. The second-order valence-corrected chi connectivity index (χ2v) is 11.9. The molecule has 0 atom stereocenters. The highest BCUT2D eigenvalue weighted by atomic mass is 16.5. The van der Waals surface area contributed by atoms with E-state index in [4.69, 9.17) is 4.74 Å². The molecule has 0 unspecified atom stereocenters. The van der Waals surface area contributed by atoms with Gasteiger partial charge in [-0.2, -0.15) is 0 Å². The first-order chi connectivity index (χ1) is 17.6. The molecule has 3 rings (SSSR count). The first kappa shape index (κ1) is 36.5. The van der Waals surface area contributed by atoms with Gasteiger partial charge >= 0.3 is 0 Å². The molecule has 3 aromatic carbocycles. The van der Waals surface area contributed by atoms with Gasteiger partial charge in [-0.1, -0.05) is 85.4 Å².